The average molecular weight is 407 g/mol. The van der Waals surface area contributed by atoms with E-state index in [4.69, 9.17) is 4.52 Å². The van der Waals surface area contributed by atoms with E-state index >= 15 is 0 Å². The van der Waals surface area contributed by atoms with Crippen LogP contribution in [0, 0.1) is 5.82 Å². The summed E-state index contributed by atoms with van der Waals surface area (Å²) in [7, 11) is 0. The molecule has 4 rings (SSSR count). The van der Waals surface area contributed by atoms with Gasteiger partial charge in [0.05, 0.1) is 5.92 Å². The molecule has 1 aliphatic rings. The summed E-state index contributed by atoms with van der Waals surface area (Å²) in [6, 6.07) is 13.9. The van der Waals surface area contributed by atoms with Crippen molar-refractivity contribution in [2.45, 2.75) is 44.9 Å². The number of carbonyl (C=O) groups is 1. The smallest absolute Gasteiger partial charge is 0.253 e. The van der Waals surface area contributed by atoms with Gasteiger partial charge in [0, 0.05) is 24.2 Å². The number of rotatable bonds is 3. The molecule has 0 spiro atoms. The predicted octanol–water partition coefficient (Wildman–Crippen LogP) is 5.19. The lowest BCUT2D eigenvalue weighted by Crippen LogP contribution is -2.39. The van der Waals surface area contributed by atoms with Gasteiger partial charge in [0.25, 0.3) is 5.91 Å². The van der Waals surface area contributed by atoms with Gasteiger partial charge in [0.15, 0.2) is 0 Å². The SMILES string of the molecule is CC(C)(C)c1ccc(C(=O)N2CCCC(c3nc(-c4ccc(F)cc4)no3)C2)cc1. The van der Waals surface area contributed by atoms with Crippen LogP contribution in [0.3, 0.4) is 0 Å². The van der Waals surface area contributed by atoms with Crippen molar-refractivity contribution in [2.75, 3.05) is 13.1 Å². The van der Waals surface area contributed by atoms with E-state index in [9.17, 15) is 9.18 Å². The molecule has 0 radical (unpaired) electrons. The Morgan fingerprint density at radius 1 is 1.10 bits per heavy atom. The van der Waals surface area contributed by atoms with Gasteiger partial charge in [-0.05, 0) is 60.2 Å². The lowest BCUT2D eigenvalue weighted by atomic mass is 9.86. The number of aromatic nitrogens is 2. The van der Waals surface area contributed by atoms with E-state index in [1.54, 1.807) is 12.1 Å². The Balaban J connectivity index is 1.47. The first-order valence-corrected chi connectivity index (χ1v) is 10.3. The number of piperidine rings is 1. The molecule has 1 unspecified atom stereocenters. The summed E-state index contributed by atoms with van der Waals surface area (Å²) >= 11 is 0. The number of hydrogen-bond acceptors (Lipinski definition) is 4. The number of amides is 1. The topological polar surface area (TPSA) is 59.2 Å². The first-order chi connectivity index (χ1) is 14.3. The Kier molecular flexibility index (Phi) is 5.41. The van der Waals surface area contributed by atoms with Crippen LogP contribution < -0.4 is 0 Å². The predicted molar refractivity (Wildman–Crippen MR) is 113 cm³/mol. The zero-order valence-electron chi connectivity index (χ0n) is 17.6. The summed E-state index contributed by atoms with van der Waals surface area (Å²) in [5, 5.41) is 4.04. The lowest BCUT2D eigenvalue weighted by Gasteiger charge is -2.31. The molecular formula is C24H26FN3O2. The van der Waals surface area contributed by atoms with E-state index in [0.717, 1.165) is 19.4 Å². The summed E-state index contributed by atoms with van der Waals surface area (Å²) < 4.78 is 18.6. The van der Waals surface area contributed by atoms with Crippen LogP contribution in [-0.2, 0) is 5.41 Å². The third-order valence-electron chi connectivity index (χ3n) is 5.60. The van der Waals surface area contributed by atoms with Gasteiger partial charge in [0.2, 0.25) is 11.7 Å². The highest BCUT2D eigenvalue weighted by molar-refractivity contribution is 5.94. The summed E-state index contributed by atoms with van der Waals surface area (Å²) in [6.45, 7) is 7.73. The Bertz CT molecular complexity index is 1020. The van der Waals surface area contributed by atoms with Crippen LogP contribution in [0.5, 0.6) is 0 Å². The second-order valence-electron chi connectivity index (χ2n) is 8.88. The van der Waals surface area contributed by atoms with E-state index in [0.29, 0.717) is 29.4 Å². The number of nitrogens with zero attached hydrogens (tertiary/aromatic N) is 3. The summed E-state index contributed by atoms with van der Waals surface area (Å²) in [5.41, 5.74) is 2.66. The van der Waals surface area contributed by atoms with E-state index in [1.807, 2.05) is 29.2 Å². The molecule has 156 valence electrons. The molecule has 1 fully saturated rings. The van der Waals surface area contributed by atoms with E-state index in [-0.39, 0.29) is 23.1 Å². The fraction of sp³-hybridized carbons (Fsp3) is 0.375. The van der Waals surface area contributed by atoms with Crippen molar-refractivity contribution in [2.24, 2.45) is 0 Å². The summed E-state index contributed by atoms with van der Waals surface area (Å²) in [4.78, 5) is 19.4. The van der Waals surface area contributed by atoms with Crippen molar-refractivity contribution in [1.29, 1.82) is 0 Å². The van der Waals surface area contributed by atoms with Crippen LogP contribution >= 0.6 is 0 Å². The molecule has 0 saturated carbocycles. The third-order valence-corrected chi connectivity index (χ3v) is 5.60. The molecular weight excluding hydrogens is 381 g/mol. The number of halogens is 1. The monoisotopic (exact) mass is 407 g/mol. The molecule has 5 nitrogen and oxygen atoms in total. The molecule has 0 N–H and O–H groups in total. The molecule has 1 amide bonds. The summed E-state index contributed by atoms with van der Waals surface area (Å²) in [6.07, 6.45) is 1.77. The van der Waals surface area contributed by atoms with Gasteiger partial charge in [-0.1, -0.05) is 38.1 Å². The second-order valence-corrected chi connectivity index (χ2v) is 8.88. The molecule has 0 bridgehead atoms. The first kappa shape index (κ1) is 20.3. The number of benzene rings is 2. The maximum absolute atomic E-state index is 13.1. The highest BCUT2D eigenvalue weighted by Gasteiger charge is 2.29. The zero-order valence-corrected chi connectivity index (χ0v) is 17.6. The van der Waals surface area contributed by atoms with Crippen molar-refractivity contribution in [3.63, 3.8) is 0 Å². The fourth-order valence-electron chi connectivity index (χ4n) is 3.78. The molecule has 1 atom stereocenters. The zero-order chi connectivity index (χ0) is 21.3. The van der Waals surface area contributed by atoms with E-state index in [1.165, 1.54) is 17.7 Å². The maximum Gasteiger partial charge on any atom is 0.253 e. The molecule has 3 aromatic rings. The summed E-state index contributed by atoms with van der Waals surface area (Å²) in [5.74, 6) is 0.678. The highest BCUT2D eigenvalue weighted by Crippen LogP contribution is 2.29. The largest absolute Gasteiger partial charge is 0.339 e. The molecule has 1 aliphatic heterocycles. The van der Waals surface area contributed by atoms with Crippen LogP contribution in [0.15, 0.2) is 53.1 Å². The van der Waals surface area contributed by atoms with Gasteiger partial charge in [-0.25, -0.2) is 4.39 Å². The van der Waals surface area contributed by atoms with Crippen LogP contribution in [0.4, 0.5) is 4.39 Å². The standard InChI is InChI=1S/C24H26FN3O2/c1-24(2,3)19-10-6-17(7-11-19)23(29)28-14-4-5-18(15-28)22-26-21(27-30-22)16-8-12-20(25)13-9-16/h6-13,18H,4-5,14-15H2,1-3H3. The first-order valence-electron chi connectivity index (χ1n) is 10.3. The maximum atomic E-state index is 13.1. The number of carbonyl (C=O) groups excluding carboxylic acids is 1. The molecule has 0 aliphatic carbocycles. The minimum Gasteiger partial charge on any atom is -0.339 e. The normalized spacial score (nSPS) is 17.2. The molecule has 30 heavy (non-hydrogen) atoms. The van der Waals surface area contributed by atoms with Crippen LogP contribution in [0.2, 0.25) is 0 Å². The molecule has 6 heteroatoms. The Morgan fingerprint density at radius 3 is 2.47 bits per heavy atom. The number of hydrogen-bond donors (Lipinski definition) is 0. The minimum atomic E-state index is -0.306. The Morgan fingerprint density at radius 2 is 1.80 bits per heavy atom. The van der Waals surface area contributed by atoms with Gasteiger partial charge in [-0.15, -0.1) is 0 Å². The minimum absolute atomic E-state index is 0.00162. The van der Waals surface area contributed by atoms with Crippen molar-refractivity contribution >= 4 is 5.91 Å². The van der Waals surface area contributed by atoms with Gasteiger partial charge >= 0.3 is 0 Å². The van der Waals surface area contributed by atoms with Crippen molar-refractivity contribution < 1.29 is 13.7 Å². The van der Waals surface area contributed by atoms with Crippen molar-refractivity contribution in [1.82, 2.24) is 15.0 Å². The van der Waals surface area contributed by atoms with Gasteiger partial charge in [-0.3, -0.25) is 4.79 Å². The van der Waals surface area contributed by atoms with E-state index < -0.39 is 0 Å². The van der Waals surface area contributed by atoms with Crippen molar-refractivity contribution in [3.8, 4) is 11.4 Å². The third kappa shape index (κ3) is 4.27. The van der Waals surface area contributed by atoms with Gasteiger partial charge in [-0.2, -0.15) is 4.98 Å². The Hall–Kier alpha value is -3.02. The van der Waals surface area contributed by atoms with Crippen LogP contribution in [0.1, 0.15) is 61.3 Å². The molecule has 2 heterocycles. The Labute approximate surface area is 175 Å². The molecule has 2 aromatic carbocycles. The van der Waals surface area contributed by atoms with Gasteiger partial charge < -0.3 is 9.42 Å². The molecule has 1 aromatic heterocycles. The highest BCUT2D eigenvalue weighted by atomic mass is 19.1. The van der Waals surface area contributed by atoms with Gasteiger partial charge in [0.1, 0.15) is 5.82 Å². The average Bonchev–Trinajstić information content (AvgIpc) is 3.24. The fourth-order valence-corrected chi connectivity index (χ4v) is 3.78. The lowest BCUT2D eigenvalue weighted by molar-refractivity contribution is 0.0695. The van der Waals surface area contributed by atoms with Crippen LogP contribution in [0.25, 0.3) is 11.4 Å². The number of likely N-dealkylation sites (tertiary alicyclic amines) is 1. The second kappa shape index (κ2) is 8.01. The molecule has 1 saturated heterocycles. The van der Waals surface area contributed by atoms with E-state index in [2.05, 4.69) is 30.9 Å². The van der Waals surface area contributed by atoms with Crippen molar-refractivity contribution in [3.05, 3.63) is 71.4 Å². The quantitative estimate of drug-likeness (QED) is 0.599. The van der Waals surface area contributed by atoms with Crippen LogP contribution in [-0.4, -0.2) is 34.0 Å².